The number of anilines is 1. The van der Waals surface area contributed by atoms with E-state index in [9.17, 15) is 4.79 Å². The van der Waals surface area contributed by atoms with Gasteiger partial charge in [-0.25, -0.2) is 14.8 Å². The molecule has 2 heterocycles. The maximum Gasteiger partial charge on any atom is 0.358 e. The number of aromatic nitrogens is 2. The van der Waals surface area contributed by atoms with Gasteiger partial charge in [0.1, 0.15) is 0 Å². The number of carbonyl (C=O) groups excluding carboxylic acids is 1. The van der Waals surface area contributed by atoms with Gasteiger partial charge in [0.05, 0.1) is 13.3 Å². The van der Waals surface area contributed by atoms with Gasteiger partial charge in [0.2, 0.25) is 0 Å². The Balaban J connectivity index is 2.28. The lowest BCUT2D eigenvalue weighted by Crippen LogP contribution is -2.31. The summed E-state index contributed by atoms with van der Waals surface area (Å²) in [5, 5.41) is 0.333. The molecule has 1 aromatic rings. The Morgan fingerprint density at radius 3 is 2.76 bits per heavy atom. The average Bonchev–Trinajstić information content (AvgIpc) is 2.39. The van der Waals surface area contributed by atoms with Gasteiger partial charge in [-0.1, -0.05) is 11.6 Å². The van der Waals surface area contributed by atoms with Crippen molar-refractivity contribution in [2.75, 3.05) is 25.1 Å². The van der Waals surface area contributed by atoms with Crippen molar-refractivity contribution in [3.8, 4) is 0 Å². The number of halogens is 1. The summed E-state index contributed by atoms with van der Waals surface area (Å²) in [6.45, 7) is 1.80. The Hall–Kier alpha value is -1.36. The third-order valence-corrected chi connectivity index (χ3v) is 3.03. The van der Waals surface area contributed by atoms with Gasteiger partial charge in [0.25, 0.3) is 0 Å². The lowest BCUT2D eigenvalue weighted by Gasteiger charge is -2.28. The van der Waals surface area contributed by atoms with Crippen LogP contribution in [0, 0.1) is 0 Å². The highest BCUT2D eigenvalue weighted by Gasteiger charge is 2.18. The zero-order chi connectivity index (χ0) is 12.3. The first kappa shape index (κ1) is 12.1. The molecule has 1 saturated heterocycles. The highest BCUT2D eigenvalue weighted by molar-refractivity contribution is 6.31. The van der Waals surface area contributed by atoms with Gasteiger partial charge in [0, 0.05) is 13.1 Å². The predicted octanol–water partition coefficient (Wildman–Crippen LogP) is 1.91. The number of hydrogen-bond acceptors (Lipinski definition) is 5. The molecule has 0 aliphatic carbocycles. The molecule has 0 spiro atoms. The van der Waals surface area contributed by atoms with Crippen LogP contribution in [0.15, 0.2) is 6.20 Å². The number of rotatable bonds is 2. The van der Waals surface area contributed by atoms with Crippen LogP contribution in [0.1, 0.15) is 29.8 Å². The third kappa shape index (κ3) is 2.66. The van der Waals surface area contributed by atoms with Crippen LogP contribution >= 0.6 is 11.6 Å². The summed E-state index contributed by atoms with van der Waals surface area (Å²) in [4.78, 5) is 21.6. The van der Waals surface area contributed by atoms with E-state index in [2.05, 4.69) is 19.6 Å². The van der Waals surface area contributed by atoms with Crippen LogP contribution in [0.5, 0.6) is 0 Å². The Kier molecular flexibility index (Phi) is 3.78. The average molecular weight is 256 g/mol. The fourth-order valence-electron chi connectivity index (χ4n) is 1.87. The molecule has 2 rings (SSSR count). The van der Waals surface area contributed by atoms with Crippen molar-refractivity contribution < 1.29 is 9.53 Å². The fourth-order valence-corrected chi connectivity index (χ4v) is 2.09. The molecule has 0 atom stereocenters. The van der Waals surface area contributed by atoms with Crippen LogP contribution in [0.3, 0.4) is 0 Å². The second-order valence-corrected chi connectivity index (χ2v) is 4.27. The maximum absolute atomic E-state index is 11.4. The maximum atomic E-state index is 11.4. The van der Waals surface area contributed by atoms with Gasteiger partial charge >= 0.3 is 5.97 Å². The normalized spacial score (nSPS) is 15.8. The molecule has 0 N–H and O–H groups in total. The monoisotopic (exact) mass is 255 g/mol. The van der Waals surface area contributed by atoms with Crippen molar-refractivity contribution >= 4 is 23.4 Å². The first-order valence-corrected chi connectivity index (χ1v) is 5.96. The first-order chi connectivity index (χ1) is 8.22. The van der Waals surface area contributed by atoms with Crippen LogP contribution in [0.25, 0.3) is 0 Å². The Labute approximate surface area is 105 Å². The van der Waals surface area contributed by atoms with Crippen LogP contribution in [0.4, 0.5) is 5.82 Å². The number of hydrogen-bond donors (Lipinski definition) is 0. The fraction of sp³-hybridized carbons (Fsp3) is 0.545. The summed E-state index contributed by atoms with van der Waals surface area (Å²) in [6.07, 6.45) is 4.78. The van der Waals surface area contributed by atoms with E-state index < -0.39 is 5.97 Å². The largest absolute Gasteiger partial charge is 0.464 e. The van der Waals surface area contributed by atoms with E-state index in [0.29, 0.717) is 11.0 Å². The standard InChI is InChI=1S/C11H14ClN3O2/c1-17-11(16)8-7-13-9(12)10(14-8)15-5-3-2-4-6-15/h7H,2-6H2,1H3. The van der Waals surface area contributed by atoms with Crippen LogP contribution in [-0.2, 0) is 4.74 Å². The minimum Gasteiger partial charge on any atom is -0.464 e. The molecule has 6 heteroatoms. The predicted molar refractivity (Wildman–Crippen MR) is 64.4 cm³/mol. The molecule has 17 heavy (non-hydrogen) atoms. The summed E-state index contributed by atoms with van der Waals surface area (Å²) in [7, 11) is 1.32. The Morgan fingerprint density at radius 1 is 1.41 bits per heavy atom. The van der Waals surface area contributed by atoms with Gasteiger partial charge in [-0.15, -0.1) is 0 Å². The van der Waals surface area contributed by atoms with Gasteiger partial charge in [0.15, 0.2) is 16.7 Å². The number of piperidine rings is 1. The van der Waals surface area contributed by atoms with Crippen molar-refractivity contribution in [3.05, 3.63) is 17.0 Å². The van der Waals surface area contributed by atoms with Crippen LogP contribution in [-0.4, -0.2) is 36.1 Å². The number of methoxy groups -OCH3 is 1. The molecule has 92 valence electrons. The molecule has 1 aliphatic rings. The minimum absolute atomic E-state index is 0.192. The van der Waals surface area contributed by atoms with E-state index in [1.807, 2.05) is 0 Å². The molecule has 0 radical (unpaired) electrons. The first-order valence-electron chi connectivity index (χ1n) is 5.58. The van der Waals surface area contributed by atoms with Crippen molar-refractivity contribution in [1.82, 2.24) is 9.97 Å². The summed E-state index contributed by atoms with van der Waals surface area (Å²) >= 11 is 6.01. The molecule has 1 aliphatic heterocycles. The SMILES string of the molecule is COC(=O)c1cnc(Cl)c(N2CCCCC2)n1. The number of esters is 1. The summed E-state index contributed by atoms with van der Waals surface area (Å²) in [6, 6.07) is 0. The van der Waals surface area contributed by atoms with E-state index in [1.54, 1.807) is 0 Å². The molecular weight excluding hydrogens is 242 g/mol. The number of nitrogens with zero attached hydrogens (tertiary/aromatic N) is 3. The molecule has 1 fully saturated rings. The van der Waals surface area contributed by atoms with Gasteiger partial charge in [-0.2, -0.15) is 0 Å². The molecule has 0 unspecified atom stereocenters. The van der Waals surface area contributed by atoms with Crippen LogP contribution in [0.2, 0.25) is 5.15 Å². The van der Waals surface area contributed by atoms with Gasteiger partial charge < -0.3 is 9.64 Å². The van der Waals surface area contributed by atoms with E-state index >= 15 is 0 Å². The highest BCUT2D eigenvalue weighted by atomic mass is 35.5. The molecule has 0 amide bonds. The smallest absolute Gasteiger partial charge is 0.358 e. The molecule has 0 saturated carbocycles. The second kappa shape index (κ2) is 5.31. The lowest BCUT2D eigenvalue weighted by atomic mass is 10.1. The lowest BCUT2D eigenvalue weighted by molar-refractivity contribution is 0.0593. The Morgan fingerprint density at radius 2 is 2.12 bits per heavy atom. The Bertz CT molecular complexity index is 419. The number of carbonyl (C=O) groups is 1. The minimum atomic E-state index is -0.493. The molecule has 0 bridgehead atoms. The van der Waals surface area contributed by atoms with E-state index in [1.165, 1.54) is 19.7 Å². The third-order valence-electron chi connectivity index (χ3n) is 2.76. The zero-order valence-electron chi connectivity index (χ0n) is 9.65. The van der Waals surface area contributed by atoms with Crippen LogP contribution < -0.4 is 4.90 Å². The number of ether oxygens (including phenoxy) is 1. The van der Waals surface area contributed by atoms with Gasteiger partial charge in [-0.05, 0) is 19.3 Å². The molecule has 0 aromatic carbocycles. The summed E-state index contributed by atoms with van der Waals surface area (Å²) in [5.41, 5.74) is 0.192. The second-order valence-electron chi connectivity index (χ2n) is 3.91. The van der Waals surface area contributed by atoms with Gasteiger partial charge in [-0.3, -0.25) is 0 Å². The molecule has 1 aromatic heterocycles. The quantitative estimate of drug-likeness (QED) is 0.756. The van der Waals surface area contributed by atoms with Crippen molar-refractivity contribution in [2.24, 2.45) is 0 Å². The molecule has 5 nitrogen and oxygen atoms in total. The van der Waals surface area contributed by atoms with Crippen molar-refractivity contribution in [1.29, 1.82) is 0 Å². The summed E-state index contributed by atoms with van der Waals surface area (Å²) < 4.78 is 4.62. The van der Waals surface area contributed by atoms with Crippen molar-refractivity contribution in [3.63, 3.8) is 0 Å². The van der Waals surface area contributed by atoms with E-state index in [0.717, 1.165) is 25.9 Å². The van der Waals surface area contributed by atoms with E-state index in [4.69, 9.17) is 11.6 Å². The van der Waals surface area contributed by atoms with E-state index in [-0.39, 0.29) is 5.69 Å². The summed E-state index contributed by atoms with van der Waals surface area (Å²) in [5.74, 6) is 0.0849. The topological polar surface area (TPSA) is 55.3 Å². The highest BCUT2D eigenvalue weighted by Crippen LogP contribution is 2.24. The van der Waals surface area contributed by atoms with Crippen molar-refractivity contribution in [2.45, 2.75) is 19.3 Å². The molecular formula is C11H14ClN3O2. The zero-order valence-corrected chi connectivity index (χ0v) is 10.4.